The van der Waals surface area contributed by atoms with E-state index in [4.69, 9.17) is 0 Å². The summed E-state index contributed by atoms with van der Waals surface area (Å²) in [6.07, 6.45) is 1.59. The van der Waals surface area contributed by atoms with Gasteiger partial charge >= 0.3 is 0 Å². The number of rotatable bonds is 6. The Morgan fingerprint density at radius 2 is 2.04 bits per heavy atom. The van der Waals surface area contributed by atoms with Gasteiger partial charge in [0.2, 0.25) is 0 Å². The van der Waals surface area contributed by atoms with Crippen LogP contribution >= 0.6 is 15.9 Å². The Bertz CT molecular complexity index is 984. The molecule has 0 spiro atoms. The molecule has 3 rings (SSSR count). The van der Waals surface area contributed by atoms with Gasteiger partial charge in [-0.1, -0.05) is 12.1 Å². The molecule has 0 radical (unpaired) electrons. The van der Waals surface area contributed by atoms with Crippen LogP contribution < -0.4 is 5.32 Å². The van der Waals surface area contributed by atoms with E-state index < -0.39 is 23.9 Å². The molecule has 2 heterocycles. The number of pyridine rings is 1. The Balaban J connectivity index is 1.92. The molecule has 0 aliphatic rings. The Morgan fingerprint density at radius 1 is 1.26 bits per heavy atom. The third-order valence-corrected chi connectivity index (χ3v) is 4.34. The van der Waals surface area contributed by atoms with Crippen molar-refractivity contribution in [2.75, 3.05) is 19.0 Å². The third-order valence-electron chi connectivity index (χ3n) is 3.91. The van der Waals surface area contributed by atoms with Crippen molar-refractivity contribution < 1.29 is 17.9 Å². The lowest BCUT2D eigenvalue weighted by molar-refractivity contribution is -0.0722. The fraction of sp³-hybridized carbons (Fsp3) is 0.278. The number of alkyl halides is 2. The van der Waals surface area contributed by atoms with Gasteiger partial charge in [-0.2, -0.15) is 8.78 Å². The molecule has 0 aliphatic heterocycles. The van der Waals surface area contributed by atoms with Crippen LogP contribution in [0.15, 0.2) is 35.1 Å². The Morgan fingerprint density at radius 3 is 2.78 bits per heavy atom. The minimum atomic E-state index is -3.41. The van der Waals surface area contributed by atoms with E-state index in [0.717, 1.165) is 13.2 Å². The average Bonchev–Trinajstić information content (AvgIpc) is 2.61. The molecule has 0 fully saturated rings. The zero-order valence-electron chi connectivity index (χ0n) is 14.6. The maximum atomic E-state index is 14.6. The minimum absolute atomic E-state index is 0.0196. The monoisotopic (exact) mass is 440 g/mol. The highest BCUT2D eigenvalue weighted by Gasteiger charge is 2.35. The van der Waals surface area contributed by atoms with Crippen LogP contribution in [0.3, 0.4) is 0 Å². The first-order chi connectivity index (χ1) is 12.8. The van der Waals surface area contributed by atoms with Crippen molar-refractivity contribution in [3.63, 3.8) is 0 Å². The molecule has 2 aromatic heterocycles. The fourth-order valence-electron chi connectivity index (χ4n) is 2.69. The smallest absolute Gasteiger partial charge is 0.298 e. The van der Waals surface area contributed by atoms with Crippen LogP contribution in [-0.4, -0.2) is 28.7 Å². The standard InChI is InChI=1S/C18H16BrF3N4O/c1-10-25-14-8-23-15(19)6-12(14)17(26-10)24-7-11-4-3-5-13(16(11)20)18(21,22)9-27-2/h3-6,8H,7,9H2,1-2H3,(H,24,25,26). The van der Waals surface area contributed by atoms with Crippen molar-refractivity contribution >= 4 is 32.7 Å². The summed E-state index contributed by atoms with van der Waals surface area (Å²) >= 11 is 3.29. The Kier molecular flexibility index (Phi) is 5.61. The quantitative estimate of drug-likeness (QED) is 0.568. The lowest BCUT2D eigenvalue weighted by Gasteiger charge is -2.18. The van der Waals surface area contributed by atoms with Crippen molar-refractivity contribution in [1.29, 1.82) is 0 Å². The van der Waals surface area contributed by atoms with Gasteiger partial charge in [0, 0.05) is 24.6 Å². The molecule has 0 unspecified atom stereocenters. The van der Waals surface area contributed by atoms with Crippen LogP contribution in [0, 0.1) is 12.7 Å². The Labute approximate surface area is 162 Å². The van der Waals surface area contributed by atoms with Gasteiger partial charge < -0.3 is 10.1 Å². The molecule has 3 aromatic rings. The van der Waals surface area contributed by atoms with E-state index in [1.165, 1.54) is 12.1 Å². The number of fused-ring (bicyclic) bond motifs is 1. The summed E-state index contributed by atoms with van der Waals surface area (Å²) in [5, 5.41) is 3.69. The Hall–Kier alpha value is -2.26. The molecule has 5 nitrogen and oxygen atoms in total. The van der Waals surface area contributed by atoms with Gasteiger partial charge in [-0.25, -0.2) is 19.3 Å². The first-order valence-corrected chi connectivity index (χ1v) is 8.79. The topological polar surface area (TPSA) is 59.9 Å². The summed E-state index contributed by atoms with van der Waals surface area (Å²) in [5.74, 6) is -3.40. The van der Waals surface area contributed by atoms with E-state index in [1.807, 2.05) is 0 Å². The van der Waals surface area contributed by atoms with Crippen molar-refractivity contribution in [2.45, 2.75) is 19.4 Å². The summed E-state index contributed by atoms with van der Waals surface area (Å²) in [5.41, 5.74) is 0.0224. The predicted octanol–water partition coefficient (Wildman–Crippen LogP) is 4.59. The molecule has 0 bridgehead atoms. The summed E-state index contributed by atoms with van der Waals surface area (Å²) in [6.45, 7) is 0.810. The molecule has 0 atom stereocenters. The first kappa shape index (κ1) is 19.5. The second-order valence-corrected chi connectivity index (χ2v) is 6.73. The largest absolute Gasteiger partial charge is 0.378 e. The van der Waals surface area contributed by atoms with Gasteiger partial charge in [0.1, 0.15) is 28.7 Å². The molecule has 27 heavy (non-hydrogen) atoms. The summed E-state index contributed by atoms with van der Waals surface area (Å²) in [4.78, 5) is 12.7. The molecular weight excluding hydrogens is 425 g/mol. The number of hydrogen-bond acceptors (Lipinski definition) is 5. The molecule has 0 amide bonds. The number of nitrogens with one attached hydrogen (secondary N) is 1. The summed E-state index contributed by atoms with van der Waals surface area (Å²) in [6, 6.07) is 5.63. The molecule has 9 heteroatoms. The highest BCUT2D eigenvalue weighted by atomic mass is 79.9. The third kappa shape index (κ3) is 4.19. The first-order valence-electron chi connectivity index (χ1n) is 8.00. The van der Waals surface area contributed by atoms with E-state index in [2.05, 4.69) is 40.9 Å². The fourth-order valence-corrected chi connectivity index (χ4v) is 3.03. The molecule has 142 valence electrons. The summed E-state index contributed by atoms with van der Waals surface area (Å²) in [7, 11) is 1.15. The summed E-state index contributed by atoms with van der Waals surface area (Å²) < 4.78 is 47.8. The average molecular weight is 441 g/mol. The van der Waals surface area contributed by atoms with Crippen molar-refractivity contribution in [3.8, 4) is 0 Å². The van der Waals surface area contributed by atoms with Gasteiger partial charge in [0.25, 0.3) is 5.92 Å². The number of nitrogens with zero attached hydrogens (tertiary/aromatic N) is 3. The number of halogens is 4. The lowest BCUT2D eigenvalue weighted by Crippen LogP contribution is -2.22. The molecule has 0 saturated carbocycles. The van der Waals surface area contributed by atoms with Crippen LogP contribution in [0.5, 0.6) is 0 Å². The van der Waals surface area contributed by atoms with Crippen LogP contribution in [0.1, 0.15) is 17.0 Å². The van der Waals surface area contributed by atoms with Gasteiger partial charge in [0.05, 0.1) is 17.3 Å². The maximum Gasteiger partial charge on any atom is 0.298 e. The molecule has 1 N–H and O–H groups in total. The van der Waals surface area contributed by atoms with Crippen LogP contribution in [0.25, 0.3) is 10.9 Å². The normalized spacial score (nSPS) is 11.8. The van der Waals surface area contributed by atoms with Gasteiger partial charge in [0.15, 0.2) is 0 Å². The SMILES string of the molecule is COCC(F)(F)c1cccc(CNc2nc(C)nc3cnc(Br)cc23)c1F. The van der Waals surface area contributed by atoms with Crippen molar-refractivity contribution in [2.24, 2.45) is 0 Å². The second-order valence-electron chi connectivity index (χ2n) is 5.91. The number of aryl methyl sites for hydroxylation is 1. The highest BCUT2D eigenvalue weighted by molar-refractivity contribution is 9.10. The van der Waals surface area contributed by atoms with E-state index in [9.17, 15) is 13.2 Å². The van der Waals surface area contributed by atoms with Gasteiger partial charge in [-0.3, -0.25) is 0 Å². The van der Waals surface area contributed by atoms with E-state index in [-0.39, 0.29) is 12.1 Å². The predicted molar refractivity (Wildman–Crippen MR) is 99.3 cm³/mol. The maximum absolute atomic E-state index is 14.6. The van der Waals surface area contributed by atoms with Crippen molar-refractivity contribution in [1.82, 2.24) is 15.0 Å². The van der Waals surface area contributed by atoms with Crippen LogP contribution in [0.2, 0.25) is 0 Å². The molecule has 1 aromatic carbocycles. The number of anilines is 1. The molecule has 0 saturated heterocycles. The van der Waals surface area contributed by atoms with E-state index in [1.54, 1.807) is 19.2 Å². The lowest BCUT2D eigenvalue weighted by atomic mass is 10.0. The van der Waals surface area contributed by atoms with Crippen LogP contribution in [0.4, 0.5) is 19.0 Å². The minimum Gasteiger partial charge on any atom is -0.378 e. The number of ether oxygens (including phenoxy) is 1. The zero-order chi connectivity index (χ0) is 19.6. The molecular formula is C18H16BrF3N4O. The number of benzene rings is 1. The number of methoxy groups -OCH3 is 1. The van der Waals surface area contributed by atoms with E-state index >= 15 is 0 Å². The van der Waals surface area contributed by atoms with E-state index in [0.29, 0.717) is 27.1 Å². The van der Waals surface area contributed by atoms with Gasteiger partial charge in [-0.15, -0.1) is 0 Å². The number of aromatic nitrogens is 3. The van der Waals surface area contributed by atoms with Gasteiger partial charge in [-0.05, 0) is 35.0 Å². The highest BCUT2D eigenvalue weighted by Crippen LogP contribution is 2.32. The van der Waals surface area contributed by atoms with Crippen LogP contribution in [-0.2, 0) is 17.2 Å². The molecule has 0 aliphatic carbocycles. The second kappa shape index (κ2) is 7.77. The zero-order valence-corrected chi connectivity index (χ0v) is 16.1. The van der Waals surface area contributed by atoms with Crippen molar-refractivity contribution in [3.05, 3.63) is 57.8 Å². The number of hydrogen-bond donors (Lipinski definition) is 1.